The molecule has 5 heterocycles. The minimum atomic E-state index is 0.224. The third kappa shape index (κ3) is 7.04. The molecular formula is C27H37FN16. The smallest absolute Gasteiger partial charge is 0.226 e. The van der Waals surface area contributed by atoms with Gasteiger partial charge in [-0.15, -0.1) is 4.48 Å². The predicted molar refractivity (Wildman–Crippen MR) is 166 cm³/mol. The number of nitrogens with one attached hydrogen (secondary N) is 6. The molecule has 8 N–H and O–H groups in total. The topological polar surface area (TPSA) is 204 Å². The van der Waals surface area contributed by atoms with E-state index in [0.717, 1.165) is 54.6 Å². The zero-order valence-corrected chi connectivity index (χ0v) is 24.7. The van der Waals surface area contributed by atoms with Crippen LogP contribution in [-0.4, -0.2) is 86.8 Å². The summed E-state index contributed by atoms with van der Waals surface area (Å²) >= 11 is 0. The lowest BCUT2D eigenvalue weighted by molar-refractivity contribution is 0.126. The third-order valence-electron chi connectivity index (χ3n) is 7.44. The molecule has 5 aromatic heterocycles. The van der Waals surface area contributed by atoms with Crippen LogP contribution in [0.5, 0.6) is 0 Å². The summed E-state index contributed by atoms with van der Waals surface area (Å²) in [6, 6.07) is 0.467. The van der Waals surface area contributed by atoms with Crippen LogP contribution < -0.4 is 27.0 Å². The first kappa shape index (κ1) is 28.9. The fourth-order valence-corrected chi connectivity index (χ4v) is 5.31. The fraction of sp³-hybridized carbons (Fsp3) is 0.444. The van der Waals surface area contributed by atoms with Gasteiger partial charge in [-0.1, -0.05) is 0 Å². The Hall–Kier alpha value is -5.22. The minimum Gasteiger partial charge on any atom is -0.401 e. The highest BCUT2D eigenvalue weighted by atomic mass is 19.2. The first-order valence-electron chi connectivity index (χ1n) is 14.6. The third-order valence-corrected chi connectivity index (χ3v) is 7.44. The Labute approximate surface area is 252 Å². The van der Waals surface area contributed by atoms with Crippen molar-refractivity contribution in [1.82, 2.24) is 54.5 Å². The number of H-pyrrole nitrogens is 2. The molecule has 6 rings (SSSR count). The number of nitrogens with zero attached hydrogens (tertiary/aromatic N) is 9. The summed E-state index contributed by atoms with van der Waals surface area (Å²) in [7, 11) is 3.24. The molecule has 1 fully saturated rings. The van der Waals surface area contributed by atoms with Crippen molar-refractivity contribution in [2.24, 2.45) is 12.8 Å². The summed E-state index contributed by atoms with van der Waals surface area (Å²) in [6.07, 6.45) is 13.2. The van der Waals surface area contributed by atoms with Gasteiger partial charge in [-0.25, -0.2) is 20.1 Å². The second kappa shape index (κ2) is 13.0. The maximum absolute atomic E-state index is 13.0. The lowest BCUT2D eigenvalue weighted by Crippen LogP contribution is -2.33. The van der Waals surface area contributed by atoms with Gasteiger partial charge in [0, 0.05) is 64.0 Å². The van der Waals surface area contributed by atoms with Gasteiger partial charge in [0.25, 0.3) is 0 Å². The van der Waals surface area contributed by atoms with E-state index in [9.17, 15) is 4.48 Å². The van der Waals surface area contributed by atoms with E-state index in [1.807, 2.05) is 17.8 Å². The molecule has 0 aromatic carbocycles. The van der Waals surface area contributed by atoms with Gasteiger partial charge < -0.3 is 41.5 Å². The lowest BCUT2D eigenvalue weighted by Gasteiger charge is -2.30. The number of rotatable bonds is 13. The van der Waals surface area contributed by atoms with E-state index in [1.165, 1.54) is 13.2 Å². The first-order valence-corrected chi connectivity index (χ1v) is 14.6. The normalized spacial score (nSPS) is 17.2. The van der Waals surface area contributed by atoms with E-state index in [-0.39, 0.29) is 12.1 Å². The standard InChI is InChI=1S/C27H37FN16/c1-43-12-19(36-15-43)8-10-31-27-40-23-21(33-14-35-23)25(42-27)38-18-5-3-17(4-6-18)37-24-20-22(34-13-32-20)39-26(41-24)30-9-7-16(29)11-44(2)28/h11-15,17-18H,3-10,29H2,1-2H3,(H3,30,32,34,37,39,41)(H3,31,33,35,38,40,42)/b16-11-. The van der Waals surface area contributed by atoms with Crippen molar-refractivity contribution in [2.45, 2.75) is 50.6 Å². The molecule has 0 amide bonds. The highest BCUT2D eigenvalue weighted by molar-refractivity contribution is 5.84. The van der Waals surface area contributed by atoms with Crippen molar-refractivity contribution in [3.8, 4) is 0 Å². The van der Waals surface area contributed by atoms with E-state index in [1.54, 1.807) is 19.0 Å². The van der Waals surface area contributed by atoms with E-state index < -0.39 is 0 Å². The van der Waals surface area contributed by atoms with E-state index >= 15 is 0 Å². The summed E-state index contributed by atoms with van der Waals surface area (Å²) in [5.41, 5.74) is 9.97. The van der Waals surface area contributed by atoms with Crippen LogP contribution in [0.15, 0.2) is 37.1 Å². The second-order valence-electron chi connectivity index (χ2n) is 10.9. The van der Waals surface area contributed by atoms with Crippen LogP contribution in [-0.2, 0) is 13.5 Å². The molecule has 0 saturated heterocycles. The average Bonchev–Trinajstić information content (AvgIpc) is 3.75. The monoisotopic (exact) mass is 604 g/mol. The molecule has 1 aliphatic rings. The highest BCUT2D eigenvalue weighted by Gasteiger charge is 2.24. The van der Waals surface area contributed by atoms with Gasteiger partial charge >= 0.3 is 0 Å². The molecule has 5 aromatic rings. The SMILES string of the molecule is CN(F)/C=C(\N)CCNc1nc(NC2CCC(Nc3nc(NCCc4cn(C)cn4)nc4nc[nH]c34)CC2)c2[nH]cnc2n1. The van der Waals surface area contributed by atoms with Gasteiger partial charge in [0.1, 0.15) is 11.0 Å². The molecule has 16 nitrogen and oxygen atoms in total. The number of anilines is 4. The molecule has 17 heteroatoms. The Kier molecular flexibility index (Phi) is 8.51. The molecule has 0 atom stereocenters. The highest BCUT2D eigenvalue weighted by Crippen LogP contribution is 2.28. The maximum atomic E-state index is 13.0. The van der Waals surface area contributed by atoms with Crippen LogP contribution in [0, 0.1) is 0 Å². The van der Waals surface area contributed by atoms with E-state index in [0.29, 0.717) is 59.3 Å². The molecule has 0 unspecified atom stereocenters. The summed E-state index contributed by atoms with van der Waals surface area (Å²) in [6.45, 7) is 1.12. The van der Waals surface area contributed by atoms with Gasteiger partial charge in [-0.2, -0.15) is 19.9 Å². The number of imidazole rings is 3. The Bertz CT molecular complexity index is 1710. The first-order chi connectivity index (χ1) is 21.4. The zero-order valence-electron chi connectivity index (χ0n) is 24.7. The van der Waals surface area contributed by atoms with Crippen LogP contribution >= 0.6 is 0 Å². The van der Waals surface area contributed by atoms with Crippen LogP contribution in [0.2, 0.25) is 0 Å². The molecular weight excluding hydrogens is 567 g/mol. The predicted octanol–water partition coefficient (Wildman–Crippen LogP) is 2.66. The van der Waals surface area contributed by atoms with Gasteiger partial charge in [-0.05, 0) is 25.7 Å². The number of hydrogen-bond donors (Lipinski definition) is 7. The van der Waals surface area contributed by atoms with E-state index in [4.69, 9.17) is 10.7 Å². The Morgan fingerprint density at radius 1 is 0.932 bits per heavy atom. The summed E-state index contributed by atoms with van der Waals surface area (Å²) in [5.74, 6) is 2.39. The van der Waals surface area contributed by atoms with Crippen LogP contribution in [0.4, 0.5) is 28.0 Å². The molecule has 1 saturated carbocycles. The lowest BCUT2D eigenvalue weighted by atomic mass is 9.91. The van der Waals surface area contributed by atoms with Gasteiger partial charge in [0.05, 0.1) is 30.9 Å². The second-order valence-corrected chi connectivity index (χ2v) is 10.9. The number of hydrogen-bond acceptors (Lipinski definition) is 13. The zero-order chi connectivity index (χ0) is 30.5. The number of fused-ring (bicyclic) bond motifs is 2. The number of halogens is 1. The Balaban J connectivity index is 1.05. The molecule has 232 valence electrons. The van der Waals surface area contributed by atoms with Crippen molar-refractivity contribution >= 4 is 45.9 Å². The van der Waals surface area contributed by atoms with Gasteiger partial charge in [-0.3, -0.25) is 0 Å². The minimum absolute atomic E-state index is 0.224. The molecule has 0 bridgehead atoms. The molecule has 44 heavy (non-hydrogen) atoms. The van der Waals surface area contributed by atoms with E-state index in [2.05, 4.69) is 61.1 Å². The molecule has 0 aliphatic heterocycles. The van der Waals surface area contributed by atoms with Crippen LogP contribution in [0.1, 0.15) is 37.8 Å². The largest absolute Gasteiger partial charge is 0.401 e. The maximum Gasteiger partial charge on any atom is 0.226 e. The van der Waals surface area contributed by atoms with Crippen molar-refractivity contribution < 1.29 is 4.48 Å². The Morgan fingerprint density at radius 3 is 2.02 bits per heavy atom. The van der Waals surface area contributed by atoms with Gasteiger partial charge in [0.15, 0.2) is 22.9 Å². The van der Waals surface area contributed by atoms with Crippen molar-refractivity contribution in [1.29, 1.82) is 0 Å². The number of aromatic amines is 2. The van der Waals surface area contributed by atoms with Gasteiger partial charge in [0.2, 0.25) is 11.9 Å². The fourth-order valence-electron chi connectivity index (χ4n) is 5.31. The summed E-state index contributed by atoms with van der Waals surface area (Å²) < 4.78 is 14.9. The van der Waals surface area contributed by atoms with Crippen LogP contribution in [0.3, 0.4) is 0 Å². The Morgan fingerprint density at radius 2 is 1.50 bits per heavy atom. The molecule has 0 radical (unpaired) electrons. The number of nitrogens with two attached hydrogens (primary N) is 1. The summed E-state index contributed by atoms with van der Waals surface area (Å²) in [5, 5.41) is 14.1. The van der Waals surface area contributed by atoms with Crippen molar-refractivity contribution in [3.63, 3.8) is 0 Å². The summed E-state index contributed by atoms with van der Waals surface area (Å²) in [4.78, 5) is 37.9. The average molecular weight is 605 g/mol. The van der Waals surface area contributed by atoms with Crippen molar-refractivity contribution in [2.75, 3.05) is 41.4 Å². The number of aromatic nitrogens is 10. The number of aryl methyl sites for hydroxylation is 1. The quantitative estimate of drug-likeness (QED) is 0.0967. The van der Waals surface area contributed by atoms with Crippen molar-refractivity contribution in [3.05, 3.63) is 42.8 Å². The van der Waals surface area contributed by atoms with Crippen LogP contribution in [0.25, 0.3) is 22.3 Å². The molecule has 1 aliphatic carbocycles. The molecule has 0 spiro atoms.